The van der Waals surface area contributed by atoms with Gasteiger partial charge < -0.3 is 15.4 Å². The molecule has 1 fully saturated rings. The molecule has 2 rings (SSSR count). The molecule has 1 aromatic heterocycles. The van der Waals surface area contributed by atoms with Crippen LogP contribution in [0, 0.1) is 5.92 Å². The fourth-order valence-corrected chi connectivity index (χ4v) is 2.20. The lowest BCUT2D eigenvalue weighted by molar-refractivity contribution is 0.0857. The molecule has 1 aliphatic rings. The Hall–Kier alpha value is -1.95. The highest BCUT2D eigenvalue weighted by Gasteiger charge is 2.17. The molecule has 1 atom stereocenters. The molecule has 2 heterocycles. The van der Waals surface area contributed by atoms with E-state index in [0.29, 0.717) is 30.1 Å². The Morgan fingerprint density at radius 3 is 2.55 bits per heavy atom. The fourth-order valence-electron chi connectivity index (χ4n) is 2.20. The van der Waals surface area contributed by atoms with Crippen LogP contribution in [0.5, 0.6) is 0 Å². The average Bonchev–Trinajstić information content (AvgIpc) is 3.03. The predicted molar refractivity (Wildman–Crippen MR) is 82.7 cm³/mol. The van der Waals surface area contributed by atoms with Crippen molar-refractivity contribution in [3.63, 3.8) is 0 Å². The van der Waals surface area contributed by atoms with Crippen molar-refractivity contribution in [3.05, 3.63) is 29.6 Å². The Bertz CT molecular complexity index is 525. The first-order valence-corrected chi connectivity index (χ1v) is 7.69. The van der Waals surface area contributed by atoms with Crippen LogP contribution in [0.3, 0.4) is 0 Å². The smallest absolute Gasteiger partial charge is 0.252 e. The maximum Gasteiger partial charge on any atom is 0.252 e. The van der Waals surface area contributed by atoms with Gasteiger partial charge in [-0.1, -0.05) is 13.8 Å². The monoisotopic (exact) mass is 305 g/mol. The summed E-state index contributed by atoms with van der Waals surface area (Å²) in [5.74, 6) is -0.0775. The molecule has 2 N–H and O–H groups in total. The number of ether oxygens (including phenoxy) is 1. The molecule has 6 nitrogen and oxygen atoms in total. The number of carbonyl (C=O) groups is 2. The lowest BCUT2D eigenvalue weighted by Gasteiger charge is -2.11. The zero-order valence-electron chi connectivity index (χ0n) is 13.1. The van der Waals surface area contributed by atoms with Crippen molar-refractivity contribution >= 4 is 11.8 Å². The van der Waals surface area contributed by atoms with Crippen LogP contribution in [0.2, 0.25) is 0 Å². The highest BCUT2D eigenvalue weighted by atomic mass is 16.5. The molecule has 1 unspecified atom stereocenters. The number of hydrogen-bond donors (Lipinski definition) is 2. The molecule has 0 radical (unpaired) electrons. The zero-order chi connectivity index (χ0) is 15.9. The molecule has 1 saturated heterocycles. The lowest BCUT2D eigenvalue weighted by atomic mass is 10.1. The molecule has 1 aromatic rings. The summed E-state index contributed by atoms with van der Waals surface area (Å²) >= 11 is 0. The second-order valence-electron chi connectivity index (χ2n) is 5.91. The first kappa shape index (κ1) is 16.4. The molecule has 1 aliphatic heterocycles. The minimum absolute atomic E-state index is 0.0921. The van der Waals surface area contributed by atoms with Gasteiger partial charge in [0.25, 0.3) is 11.8 Å². The SMILES string of the molecule is CC(C)CNC(=O)c1cncc(C(=O)NCC2CCCO2)c1. The number of pyridine rings is 1. The van der Waals surface area contributed by atoms with Crippen molar-refractivity contribution < 1.29 is 14.3 Å². The van der Waals surface area contributed by atoms with Crippen LogP contribution in [0.4, 0.5) is 0 Å². The van der Waals surface area contributed by atoms with Crippen molar-refractivity contribution in [1.82, 2.24) is 15.6 Å². The number of nitrogens with zero attached hydrogens (tertiary/aromatic N) is 1. The van der Waals surface area contributed by atoms with Gasteiger partial charge in [0.15, 0.2) is 0 Å². The maximum absolute atomic E-state index is 12.1. The quantitative estimate of drug-likeness (QED) is 0.832. The highest BCUT2D eigenvalue weighted by Crippen LogP contribution is 2.11. The van der Waals surface area contributed by atoms with E-state index in [9.17, 15) is 9.59 Å². The first-order chi connectivity index (χ1) is 10.6. The van der Waals surface area contributed by atoms with Gasteiger partial charge in [0.1, 0.15) is 0 Å². The van der Waals surface area contributed by atoms with Gasteiger partial charge in [-0.2, -0.15) is 0 Å². The third-order valence-electron chi connectivity index (χ3n) is 3.45. The molecule has 2 amide bonds. The summed E-state index contributed by atoms with van der Waals surface area (Å²) in [5.41, 5.74) is 0.778. The van der Waals surface area contributed by atoms with Crippen LogP contribution in [-0.4, -0.2) is 42.6 Å². The molecule has 0 aromatic carbocycles. The minimum Gasteiger partial charge on any atom is -0.376 e. The second kappa shape index (κ2) is 7.89. The Labute approximate surface area is 130 Å². The molecule has 0 saturated carbocycles. The number of amides is 2. The Balaban J connectivity index is 1.91. The van der Waals surface area contributed by atoms with Crippen LogP contribution in [0.25, 0.3) is 0 Å². The molecule has 0 spiro atoms. The molecule has 22 heavy (non-hydrogen) atoms. The predicted octanol–water partition coefficient (Wildman–Crippen LogP) is 1.38. The van der Waals surface area contributed by atoms with Crippen LogP contribution in [0.15, 0.2) is 18.5 Å². The van der Waals surface area contributed by atoms with E-state index in [1.54, 1.807) is 6.07 Å². The van der Waals surface area contributed by atoms with E-state index in [1.165, 1.54) is 12.4 Å². The van der Waals surface area contributed by atoms with Crippen molar-refractivity contribution in [1.29, 1.82) is 0 Å². The summed E-state index contributed by atoms with van der Waals surface area (Å²) in [6, 6.07) is 1.56. The van der Waals surface area contributed by atoms with Crippen molar-refractivity contribution in [2.24, 2.45) is 5.92 Å². The van der Waals surface area contributed by atoms with E-state index in [2.05, 4.69) is 15.6 Å². The topological polar surface area (TPSA) is 80.3 Å². The highest BCUT2D eigenvalue weighted by molar-refractivity contribution is 5.99. The normalized spacial score (nSPS) is 17.5. The zero-order valence-corrected chi connectivity index (χ0v) is 13.1. The standard InChI is InChI=1S/C16H23N3O3/c1-11(2)7-18-15(20)12-6-13(9-17-8-12)16(21)19-10-14-4-3-5-22-14/h6,8-9,11,14H,3-5,7,10H2,1-2H3,(H,18,20)(H,19,21). The maximum atomic E-state index is 12.1. The van der Waals surface area contributed by atoms with Crippen molar-refractivity contribution in [3.8, 4) is 0 Å². The Morgan fingerprint density at radius 2 is 1.95 bits per heavy atom. The lowest BCUT2D eigenvalue weighted by Crippen LogP contribution is -2.32. The van der Waals surface area contributed by atoms with Gasteiger partial charge in [0.05, 0.1) is 17.2 Å². The van der Waals surface area contributed by atoms with E-state index in [4.69, 9.17) is 4.74 Å². The van der Waals surface area contributed by atoms with Gasteiger partial charge in [-0.05, 0) is 24.8 Å². The second-order valence-corrected chi connectivity index (χ2v) is 5.91. The van der Waals surface area contributed by atoms with E-state index >= 15 is 0 Å². The van der Waals surface area contributed by atoms with Gasteiger partial charge in [-0.25, -0.2) is 0 Å². The third-order valence-corrected chi connectivity index (χ3v) is 3.45. The van der Waals surface area contributed by atoms with E-state index in [1.807, 2.05) is 13.8 Å². The first-order valence-electron chi connectivity index (χ1n) is 7.69. The summed E-state index contributed by atoms with van der Waals surface area (Å²) in [7, 11) is 0. The van der Waals surface area contributed by atoms with E-state index < -0.39 is 0 Å². The Kier molecular flexibility index (Phi) is 5.89. The average molecular weight is 305 g/mol. The molecule has 120 valence electrons. The van der Waals surface area contributed by atoms with Gasteiger partial charge in [-0.3, -0.25) is 14.6 Å². The van der Waals surface area contributed by atoms with Crippen molar-refractivity contribution in [2.45, 2.75) is 32.8 Å². The number of nitrogens with one attached hydrogen (secondary N) is 2. The van der Waals surface area contributed by atoms with Gasteiger partial charge in [0, 0.05) is 32.1 Å². The number of hydrogen-bond acceptors (Lipinski definition) is 4. The van der Waals surface area contributed by atoms with Crippen molar-refractivity contribution in [2.75, 3.05) is 19.7 Å². The van der Waals surface area contributed by atoms with Gasteiger partial charge in [-0.15, -0.1) is 0 Å². The molecule has 0 bridgehead atoms. The summed E-state index contributed by atoms with van der Waals surface area (Å²) in [4.78, 5) is 28.1. The third kappa shape index (κ3) is 4.80. The summed E-state index contributed by atoms with van der Waals surface area (Å²) in [5, 5.41) is 5.63. The molecule has 0 aliphatic carbocycles. The van der Waals surface area contributed by atoms with Gasteiger partial charge in [0.2, 0.25) is 0 Å². The molecular weight excluding hydrogens is 282 g/mol. The van der Waals surface area contributed by atoms with Crippen LogP contribution in [0.1, 0.15) is 47.4 Å². The van der Waals surface area contributed by atoms with Crippen LogP contribution in [-0.2, 0) is 4.74 Å². The summed E-state index contributed by atoms with van der Waals surface area (Å²) < 4.78 is 5.46. The minimum atomic E-state index is -0.235. The summed E-state index contributed by atoms with van der Waals surface area (Å²) in [6.45, 7) is 5.88. The largest absolute Gasteiger partial charge is 0.376 e. The number of carbonyl (C=O) groups excluding carboxylic acids is 2. The van der Waals surface area contributed by atoms with Crippen LogP contribution < -0.4 is 10.6 Å². The number of rotatable bonds is 6. The fraction of sp³-hybridized carbons (Fsp3) is 0.562. The number of aromatic nitrogens is 1. The van der Waals surface area contributed by atoms with E-state index in [-0.39, 0.29) is 17.9 Å². The molecular formula is C16H23N3O3. The summed E-state index contributed by atoms with van der Waals surface area (Å²) in [6.07, 6.45) is 5.02. The molecule has 6 heteroatoms. The van der Waals surface area contributed by atoms with Gasteiger partial charge >= 0.3 is 0 Å². The Morgan fingerprint density at radius 1 is 1.27 bits per heavy atom. The van der Waals surface area contributed by atoms with E-state index in [0.717, 1.165) is 19.4 Å². The van der Waals surface area contributed by atoms with Crippen LogP contribution >= 0.6 is 0 Å².